The normalized spacial score (nSPS) is 10.7. The molecule has 0 atom stereocenters. The van der Waals surface area contributed by atoms with Crippen LogP contribution in [-0.2, 0) is 6.54 Å². The number of carbonyl (C=O) groups is 1. The molecule has 3 rings (SSSR count). The highest BCUT2D eigenvalue weighted by Gasteiger charge is 2.26. The Morgan fingerprint density at radius 2 is 1.83 bits per heavy atom. The quantitative estimate of drug-likeness (QED) is 0.563. The second-order valence-electron chi connectivity index (χ2n) is 6.83. The molecule has 0 spiro atoms. The van der Waals surface area contributed by atoms with Crippen LogP contribution in [0.1, 0.15) is 34.1 Å². The molecular formula is C23H18Cl2N2O3. The number of hydrogen-bond donors (Lipinski definition) is 1. The van der Waals surface area contributed by atoms with E-state index in [0.717, 1.165) is 5.56 Å². The first-order valence-electron chi connectivity index (χ1n) is 9.18. The van der Waals surface area contributed by atoms with Crippen molar-refractivity contribution in [3.05, 3.63) is 79.1 Å². The van der Waals surface area contributed by atoms with E-state index in [1.54, 1.807) is 54.8 Å². The van der Waals surface area contributed by atoms with Gasteiger partial charge in [0, 0.05) is 23.4 Å². The van der Waals surface area contributed by atoms with Gasteiger partial charge in [-0.25, -0.2) is 4.79 Å². The van der Waals surface area contributed by atoms with Crippen LogP contribution < -0.4 is 5.43 Å². The third-order valence-corrected chi connectivity index (χ3v) is 5.81. The van der Waals surface area contributed by atoms with E-state index >= 15 is 0 Å². The smallest absolute Gasteiger partial charge is 0.341 e. The molecule has 0 fully saturated rings. The Morgan fingerprint density at radius 1 is 1.13 bits per heavy atom. The SMILES string of the molecule is CCn1c(C)c(-c2ccc(C#N)cc2C)c(=O)c(C(=O)O)c1-c1ccc(Cl)c(Cl)c1. The van der Waals surface area contributed by atoms with Gasteiger partial charge >= 0.3 is 5.97 Å². The number of aromatic nitrogens is 1. The summed E-state index contributed by atoms with van der Waals surface area (Å²) in [6.07, 6.45) is 0. The van der Waals surface area contributed by atoms with E-state index in [1.807, 2.05) is 6.92 Å². The van der Waals surface area contributed by atoms with Crippen LogP contribution in [0.2, 0.25) is 10.0 Å². The molecule has 0 aliphatic heterocycles. The largest absolute Gasteiger partial charge is 0.477 e. The summed E-state index contributed by atoms with van der Waals surface area (Å²) < 4.78 is 1.79. The van der Waals surface area contributed by atoms with Gasteiger partial charge in [0.1, 0.15) is 5.56 Å². The zero-order valence-electron chi connectivity index (χ0n) is 16.6. The Balaban J connectivity index is 2.46. The maximum atomic E-state index is 13.4. The van der Waals surface area contributed by atoms with E-state index in [9.17, 15) is 14.7 Å². The lowest BCUT2D eigenvalue weighted by Crippen LogP contribution is -2.25. The maximum Gasteiger partial charge on any atom is 0.341 e. The van der Waals surface area contributed by atoms with Crippen molar-refractivity contribution in [2.45, 2.75) is 27.3 Å². The number of benzene rings is 2. The monoisotopic (exact) mass is 440 g/mol. The van der Waals surface area contributed by atoms with E-state index in [0.29, 0.717) is 39.5 Å². The number of halogens is 2. The Morgan fingerprint density at radius 3 is 2.37 bits per heavy atom. The van der Waals surface area contributed by atoms with Crippen LogP contribution in [0.4, 0.5) is 0 Å². The second kappa shape index (κ2) is 8.35. The van der Waals surface area contributed by atoms with Crippen molar-refractivity contribution < 1.29 is 9.90 Å². The molecule has 0 unspecified atom stereocenters. The fourth-order valence-corrected chi connectivity index (χ4v) is 4.00. The van der Waals surface area contributed by atoms with Crippen molar-refractivity contribution in [1.29, 1.82) is 5.26 Å². The molecule has 0 saturated heterocycles. The van der Waals surface area contributed by atoms with E-state index in [1.165, 1.54) is 0 Å². The van der Waals surface area contributed by atoms with Gasteiger partial charge in [-0.2, -0.15) is 5.26 Å². The molecule has 0 bridgehead atoms. The minimum atomic E-state index is -1.32. The van der Waals surface area contributed by atoms with Crippen LogP contribution in [0.15, 0.2) is 41.2 Å². The molecule has 0 amide bonds. The standard InChI is InChI=1S/C23H18Cl2N2O3/c1-4-27-13(3)19(16-7-5-14(11-26)9-12(16)2)22(28)20(23(29)30)21(27)15-6-8-17(24)18(25)10-15/h5-10H,4H2,1-3H3,(H,29,30). The lowest BCUT2D eigenvalue weighted by molar-refractivity contribution is 0.0695. The van der Waals surface area contributed by atoms with Crippen molar-refractivity contribution in [3.63, 3.8) is 0 Å². The van der Waals surface area contributed by atoms with Gasteiger partial charge in [0.15, 0.2) is 0 Å². The average Bonchev–Trinajstić information content (AvgIpc) is 2.70. The maximum absolute atomic E-state index is 13.4. The van der Waals surface area contributed by atoms with E-state index in [2.05, 4.69) is 6.07 Å². The highest BCUT2D eigenvalue weighted by atomic mass is 35.5. The summed E-state index contributed by atoms with van der Waals surface area (Å²) >= 11 is 12.2. The molecule has 152 valence electrons. The van der Waals surface area contributed by atoms with Crippen molar-refractivity contribution >= 4 is 29.2 Å². The molecule has 1 heterocycles. The van der Waals surface area contributed by atoms with Crippen LogP contribution in [-0.4, -0.2) is 15.6 Å². The molecule has 0 saturated carbocycles. The van der Waals surface area contributed by atoms with E-state index in [4.69, 9.17) is 28.5 Å². The second-order valence-corrected chi connectivity index (χ2v) is 7.65. The minimum Gasteiger partial charge on any atom is -0.477 e. The summed E-state index contributed by atoms with van der Waals surface area (Å²) in [6.45, 7) is 5.88. The number of aromatic carboxylic acids is 1. The third-order valence-electron chi connectivity index (χ3n) is 5.08. The van der Waals surface area contributed by atoms with Gasteiger partial charge in [0.2, 0.25) is 5.43 Å². The number of carboxylic acid groups (broad SMARTS) is 1. The topological polar surface area (TPSA) is 83.1 Å². The molecule has 5 nitrogen and oxygen atoms in total. The molecule has 1 N–H and O–H groups in total. The van der Waals surface area contributed by atoms with Crippen LogP contribution in [0.3, 0.4) is 0 Å². The van der Waals surface area contributed by atoms with Crippen LogP contribution >= 0.6 is 23.2 Å². The van der Waals surface area contributed by atoms with Crippen LogP contribution in [0, 0.1) is 25.2 Å². The summed E-state index contributed by atoms with van der Waals surface area (Å²) in [5.74, 6) is -1.32. The summed E-state index contributed by atoms with van der Waals surface area (Å²) in [6, 6.07) is 11.8. The van der Waals surface area contributed by atoms with Gasteiger partial charge in [-0.3, -0.25) is 4.79 Å². The zero-order chi connectivity index (χ0) is 22.2. The van der Waals surface area contributed by atoms with E-state index < -0.39 is 11.4 Å². The predicted molar refractivity (Wildman–Crippen MR) is 118 cm³/mol. The molecule has 1 aromatic heterocycles. The molecule has 0 aliphatic rings. The molecular weight excluding hydrogens is 423 g/mol. The summed E-state index contributed by atoms with van der Waals surface area (Å²) in [4.78, 5) is 25.6. The summed E-state index contributed by atoms with van der Waals surface area (Å²) in [7, 11) is 0. The Bertz CT molecular complexity index is 1290. The van der Waals surface area contributed by atoms with Gasteiger partial charge in [-0.15, -0.1) is 0 Å². The molecule has 7 heteroatoms. The van der Waals surface area contributed by atoms with Crippen molar-refractivity contribution in [2.75, 3.05) is 0 Å². The van der Waals surface area contributed by atoms with Crippen molar-refractivity contribution in [1.82, 2.24) is 4.57 Å². The molecule has 3 aromatic rings. The number of hydrogen-bond acceptors (Lipinski definition) is 3. The van der Waals surface area contributed by atoms with Crippen molar-refractivity contribution in [2.24, 2.45) is 0 Å². The van der Waals surface area contributed by atoms with Gasteiger partial charge < -0.3 is 9.67 Å². The van der Waals surface area contributed by atoms with Gasteiger partial charge in [0.05, 0.1) is 27.4 Å². The fourth-order valence-electron chi connectivity index (χ4n) is 3.70. The molecule has 0 aliphatic carbocycles. The van der Waals surface area contributed by atoms with Gasteiger partial charge in [-0.05, 0) is 56.2 Å². The Labute approximate surface area is 183 Å². The lowest BCUT2D eigenvalue weighted by atomic mass is 9.93. The number of carboxylic acids is 1. The average molecular weight is 441 g/mol. The minimum absolute atomic E-state index is 0.269. The fraction of sp³-hybridized carbons (Fsp3) is 0.174. The number of pyridine rings is 1. The first kappa shape index (κ1) is 21.6. The zero-order valence-corrected chi connectivity index (χ0v) is 18.1. The van der Waals surface area contributed by atoms with Gasteiger partial charge in [-0.1, -0.05) is 35.3 Å². The summed E-state index contributed by atoms with van der Waals surface area (Å²) in [5, 5.41) is 19.7. The molecule has 2 aromatic carbocycles. The number of nitrogens with zero attached hydrogens (tertiary/aromatic N) is 2. The third kappa shape index (κ3) is 3.60. The Hall–Kier alpha value is -3.07. The van der Waals surface area contributed by atoms with E-state index in [-0.39, 0.29) is 16.3 Å². The number of aryl methyl sites for hydroxylation is 1. The Kier molecular flexibility index (Phi) is 6.02. The first-order valence-corrected chi connectivity index (χ1v) is 9.94. The predicted octanol–water partition coefficient (Wildman–Crippen LogP) is 5.70. The summed E-state index contributed by atoms with van der Waals surface area (Å²) in [5.41, 5.74) is 2.57. The van der Waals surface area contributed by atoms with Gasteiger partial charge in [0.25, 0.3) is 0 Å². The van der Waals surface area contributed by atoms with Crippen molar-refractivity contribution in [3.8, 4) is 28.5 Å². The van der Waals surface area contributed by atoms with Crippen LogP contribution in [0.25, 0.3) is 22.4 Å². The first-order chi connectivity index (χ1) is 14.2. The highest BCUT2D eigenvalue weighted by Crippen LogP contribution is 2.33. The molecule has 0 radical (unpaired) electrons. The van der Waals surface area contributed by atoms with Crippen LogP contribution in [0.5, 0.6) is 0 Å². The number of rotatable bonds is 4. The number of nitriles is 1. The highest BCUT2D eigenvalue weighted by molar-refractivity contribution is 6.42. The molecule has 30 heavy (non-hydrogen) atoms. The lowest BCUT2D eigenvalue weighted by Gasteiger charge is -2.22.